The molecule has 7 heteroatoms. The highest BCUT2D eigenvalue weighted by atomic mass is 32.2. The number of carbonyl (C=O) groups is 1. The minimum absolute atomic E-state index is 0.153. The SMILES string of the molecule is CC(C)(C)OC(=O)N1CCC[C@H]1C[S@](=O)c1ncccc1C#N. The molecule has 1 aliphatic heterocycles. The largest absolute Gasteiger partial charge is 0.444 e. The van der Waals surface area contributed by atoms with Gasteiger partial charge < -0.3 is 9.64 Å². The molecule has 124 valence electrons. The van der Waals surface area contributed by atoms with E-state index in [0.717, 1.165) is 12.8 Å². The van der Waals surface area contributed by atoms with Crippen LogP contribution < -0.4 is 0 Å². The maximum absolute atomic E-state index is 12.6. The zero-order chi connectivity index (χ0) is 17.0. The van der Waals surface area contributed by atoms with Crippen LogP contribution in [0, 0.1) is 11.3 Å². The Bertz CT molecular complexity index is 649. The summed E-state index contributed by atoms with van der Waals surface area (Å²) in [6.07, 6.45) is 2.78. The Morgan fingerprint density at radius 3 is 2.96 bits per heavy atom. The van der Waals surface area contributed by atoms with Gasteiger partial charge in [0.1, 0.15) is 16.7 Å². The summed E-state index contributed by atoms with van der Waals surface area (Å²) in [6.45, 7) is 6.06. The van der Waals surface area contributed by atoms with Gasteiger partial charge in [-0.25, -0.2) is 9.78 Å². The van der Waals surface area contributed by atoms with Crippen LogP contribution in [0.2, 0.25) is 0 Å². The van der Waals surface area contributed by atoms with Crippen molar-refractivity contribution in [2.45, 2.75) is 50.3 Å². The molecule has 0 N–H and O–H groups in total. The van der Waals surface area contributed by atoms with E-state index >= 15 is 0 Å². The molecule has 6 nitrogen and oxygen atoms in total. The maximum atomic E-state index is 12.6. The molecular weight excluding hydrogens is 314 g/mol. The van der Waals surface area contributed by atoms with E-state index in [9.17, 15) is 9.00 Å². The number of nitriles is 1. The van der Waals surface area contributed by atoms with E-state index in [0.29, 0.717) is 12.1 Å². The molecule has 1 aromatic rings. The highest BCUT2D eigenvalue weighted by Gasteiger charge is 2.33. The molecule has 0 aliphatic carbocycles. The van der Waals surface area contributed by atoms with Crippen LogP contribution in [0.25, 0.3) is 0 Å². The zero-order valence-electron chi connectivity index (χ0n) is 13.6. The molecule has 2 rings (SSSR count). The van der Waals surface area contributed by atoms with E-state index < -0.39 is 16.4 Å². The highest BCUT2D eigenvalue weighted by Crippen LogP contribution is 2.23. The van der Waals surface area contributed by atoms with Crippen molar-refractivity contribution in [2.24, 2.45) is 0 Å². The molecule has 1 aromatic heterocycles. The second kappa shape index (κ2) is 7.09. The predicted molar refractivity (Wildman–Crippen MR) is 86.2 cm³/mol. The van der Waals surface area contributed by atoms with Gasteiger partial charge in [0.25, 0.3) is 0 Å². The average Bonchev–Trinajstić information content (AvgIpc) is 2.93. The van der Waals surface area contributed by atoms with Gasteiger partial charge >= 0.3 is 6.09 Å². The Kier molecular flexibility index (Phi) is 5.37. The predicted octanol–water partition coefficient (Wildman–Crippen LogP) is 2.46. The van der Waals surface area contributed by atoms with E-state index in [2.05, 4.69) is 4.98 Å². The van der Waals surface area contributed by atoms with Gasteiger partial charge in [0.2, 0.25) is 0 Å². The summed E-state index contributed by atoms with van der Waals surface area (Å²) in [6, 6.07) is 5.09. The van der Waals surface area contributed by atoms with Crippen LogP contribution in [0.4, 0.5) is 4.79 Å². The van der Waals surface area contributed by atoms with Crippen LogP contribution in [-0.2, 0) is 15.5 Å². The number of amides is 1. The molecule has 1 amide bonds. The zero-order valence-corrected chi connectivity index (χ0v) is 14.4. The summed E-state index contributed by atoms with van der Waals surface area (Å²) in [5, 5.41) is 9.37. The van der Waals surface area contributed by atoms with Crippen LogP contribution in [0.1, 0.15) is 39.2 Å². The molecule has 2 heterocycles. The average molecular weight is 335 g/mol. The third-order valence-electron chi connectivity index (χ3n) is 3.46. The minimum atomic E-state index is -1.43. The van der Waals surface area contributed by atoms with Crippen LogP contribution in [0.15, 0.2) is 23.4 Å². The van der Waals surface area contributed by atoms with E-state index in [1.54, 1.807) is 17.0 Å². The molecule has 0 spiro atoms. The quantitative estimate of drug-likeness (QED) is 0.847. The second-order valence-corrected chi connectivity index (χ2v) is 7.86. The van der Waals surface area contributed by atoms with Gasteiger partial charge in [-0.05, 0) is 45.7 Å². The second-order valence-electron chi connectivity index (χ2n) is 6.45. The van der Waals surface area contributed by atoms with Crippen LogP contribution in [0.3, 0.4) is 0 Å². The van der Waals surface area contributed by atoms with Gasteiger partial charge in [-0.2, -0.15) is 5.26 Å². The van der Waals surface area contributed by atoms with Gasteiger partial charge in [-0.1, -0.05) is 0 Å². The molecular formula is C16H21N3O3S. The molecule has 1 fully saturated rings. The van der Waals surface area contributed by atoms with E-state index in [1.165, 1.54) is 6.20 Å². The van der Waals surface area contributed by atoms with Gasteiger partial charge in [-0.15, -0.1) is 0 Å². The number of carbonyl (C=O) groups excluding carboxylic acids is 1. The molecule has 1 saturated heterocycles. The smallest absolute Gasteiger partial charge is 0.410 e. The maximum Gasteiger partial charge on any atom is 0.410 e. The van der Waals surface area contributed by atoms with Crippen molar-refractivity contribution in [1.82, 2.24) is 9.88 Å². The number of nitrogens with zero attached hydrogens (tertiary/aromatic N) is 3. The Labute approximate surface area is 138 Å². The lowest BCUT2D eigenvalue weighted by Gasteiger charge is -2.28. The van der Waals surface area contributed by atoms with E-state index in [4.69, 9.17) is 10.00 Å². The van der Waals surface area contributed by atoms with Crippen LogP contribution in [0.5, 0.6) is 0 Å². The Hall–Kier alpha value is -1.94. The van der Waals surface area contributed by atoms with Gasteiger partial charge in [0, 0.05) is 18.8 Å². The lowest BCUT2D eigenvalue weighted by molar-refractivity contribution is 0.0241. The van der Waals surface area contributed by atoms with Crippen molar-refractivity contribution in [3.05, 3.63) is 23.9 Å². The van der Waals surface area contributed by atoms with E-state index in [1.807, 2.05) is 26.8 Å². The number of pyridine rings is 1. The molecule has 0 aromatic carbocycles. The fourth-order valence-electron chi connectivity index (χ4n) is 2.48. The lowest BCUT2D eigenvalue weighted by atomic mass is 10.2. The van der Waals surface area contributed by atoms with Crippen molar-refractivity contribution in [3.8, 4) is 6.07 Å². The number of rotatable bonds is 3. The topological polar surface area (TPSA) is 83.3 Å². The highest BCUT2D eigenvalue weighted by molar-refractivity contribution is 7.85. The first-order chi connectivity index (χ1) is 10.8. The summed E-state index contributed by atoms with van der Waals surface area (Å²) in [7, 11) is -1.43. The number of likely N-dealkylation sites (tertiary alicyclic amines) is 1. The summed E-state index contributed by atoms with van der Waals surface area (Å²) in [5.41, 5.74) is -0.245. The third-order valence-corrected chi connectivity index (χ3v) is 4.90. The summed E-state index contributed by atoms with van der Waals surface area (Å²) in [5.74, 6) is 0.269. The monoisotopic (exact) mass is 335 g/mol. The fourth-order valence-corrected chi connectivity index (χ4v) is 3.87. The molecule has 0 bridgehead atoms. The van der Waals surface area contributed by atoms with Crippen molar-refractivity contribution >= 4 is 16.9 Å². The van der Waals surface area contributed by atoms with Crippen LogP contribution >= 0.6 is 0 Å². The Balaban J connectivity index is 2.08. The normalized spacial score (nSPS) is 19.2. The van der Waals surface area contributed by atoms with Crippen molar-refractivity contribution in [2.75, 3.05) is 12.3 Å². The van der Waals surface area contributed by atoms with Crippen LogP contribution in [-0.4, -0.2) is 44.1 Å². The fraction of sp³-hybridized carbons (Fsp3) is 0.562. The molecule has 0 radical (unpaired) electrons. The Morgan fingerprint density at radius 2 is 2.30 bits per heavy atom. The number of ether oxygens (including phenoxy) is 1. The first-order valence-corrected chi connectivity index (χ1v) is 8.87. The summed E-state index contributed by atoms with van der Waals surface area (Å²) >= 11 is 0. The first kappa shape index (κ1) is 17.4. The van der Waals surface area contributed by atoms with Crippen molar-refractivity contribution in [3.63, 3.8) is 0 Å². The molecule has 0 saturated carbocycles. The molecule has 1 aliphatic rings. The first-order valence-electron chi connectivity index (χ1n) is 7.55. The van der Waals surface area contributed by atoms with Gasteiger partial charge in [0.15, 0.2) is 0 Å². The standard InChI is InChI=1S/C16H21N3O3S/c1-16(2,3)22-15(20)19-9-5-7-13(19)11-23(21)14-12(10-17)6-4-8-18-14/h4,6,8,13H,5,7,9,11H2,1-3H3/t13-,23-/m0/s1. The number of hydrogen-bond donors (Lipinski definition) is 0. The van der Waals surface area contributed by atoms with Gasteiger partial charge in [-0.3, -0.25) is 4.21 Å². The summed E-state index contributed by atoms with van der Waals surface area (Å²) in [4.78, 5) is 17.9. The lowest BCUT2D eigenvalue weighted by Crippen LogP contribution is -2.42. The molecule has 23 heavy (non-hydrogen) atoms. The number of hydrogen-bond acceptors (Lipinski definition) is 5. The van der Waals surface area contributed by atoms with E-state index in [-0.39, 0.29) is 22.9 Å². The third kappa shape index (κ3) is 4.52. The molecule has 0 unspecified atom stereocenters. The minimum Gasteiger partial charge on any atom is -0.444 e. The van der Waals surface area contributed by atoms with Gasteiger partial charge in [0.05, 0.1) is 22.1 Å². The number of aromatic nitrogens is 1. The summed E-state index contributed by atoms with van der Waals surface area (Å²) < 4.78 is 18.0. The molecule has 2 atom stereocenters. The van der Waals surface area contributed by atoms with Crippen molar-refractivity contribution in [1.29, 1.82) is 5.26 Å². The Morgan fingerprint density at radius 1 is 1.57 bits per heavy atom. The van der Waals surface area contributed by atoms with Crippen molar-refractivity contribution < 1.29 is 13.7 Å².